The Morgan fingerprint density at radius 3 is 2.80 bits per heavy atom. The second-order valence-corrected chi connectivity index (χ2v) is 6.00. The first-order valence-electron chi connectivity index (χ1n) is 8.20. The van der Waals surface area contributed by atoms with Gasteiger partial charge in [0.25, 0.3) is 0 Å². The monoisotopic (exact) mass is 360 g/mol. The molecule has 1 aromatic heterocycles. The van der Waals surface area contributed by atoms with E-state index in [2.05, 4.69) is 10.00 Å². The summed E-state index contributed by atoms with van der Waals surface area (Å²) in [5.41, 5.74) is 1.90. The minimum atomic E-state index is -4.31. The van der Waals surface area contributed by atoms with E-state index in [4.69, 9.17) is 14.7 Å². The Morgan fingerprint density at radius 1 is 1.36 bits per heavy atom. The van der Waals surface area contributed by atoms with Crippen molar-refractivity contribution in [2.75, 3.05) is 39.5 Å². The average Bonchev–Trinajstić information content (AvgIpc) is 2.80. The van der Waals surface area contributed by atoms with Crippen molar-refractivity contribution in [3.05, 3.63) is 17.0 Å². The maximum atomic E-state index is 12.7. The Morgan fingerprint density at radius 2 is 2.12 bits per heavy atom. The lowest BCUT2D eigenvalue weighted by Gasteiger charge is -2.35. The van der Waals surface area contributed by atoms with Crippen LogP contribution in [0.1, 0.15) is 29.4 Å². The Kier molecular flexibility index (Phi) is 6.81. The molecule has 1 fully saturated rings. The molecule has 0 aliphatic carbocycles. The van der Waals surface area contributed by atoms with E-state index in [0.29, 0.717) is 57.3 Å². The first kappa shape index (κ1) is 19.7. The fraction of sp³-hybridized carbons (Fsp3) is 0.750. The standard InChI is InChI=1S/C16H23F3N4O2/c1-12-15(13(2)23(21-12)11-16(17,18)19)14-10-25-9-6-22(14)5-8-24-7-3-4-20/h14H,3,5-11H2,1-2H3. The summed E-state index contributed by atoms with van der Waals surface area (Å²) in [5.74, 6) is 0. The molecule has 0 aromatic carbocycles. The highest BCUT2D eigenvalue weighted by molar-refractivity contribution is 5.29. The second kappa shape index (κ2) is 8.65. The lowest BCUT2D eigenvalue weighted by Crippen LogP contribution is -2.41. The van der Waals surface area contributed by atoms with E-state index in [0.717, 1.165) is 10.2 Å². The smallest absolute Gasteiger partial charge is 0.379 e. The number of morpholine rings is 1. The van der Waals surface area contributed by atoms with Gasteiger partial charge in [-0.25, -0.2) is 0 Å². The van der Waals surface area contributed by atoms with Gasteiger partial charge in [-0.05, 0) is 13.8 Å². The molecule has 1 unspecified atom stereocenters. The van der Waals surface area contributed by atoms with Crippen LogP contribution in [0.2, 0.25) is 0 Å². The summed E-state index contributed by atoms with van der Waals surface area (Å²) in [7, 11) is 0. The van der Waals surface area contributed by atoms with Gasteiger partial charge in [-0.1, -0.05) is 0 Å². The van der Waals surface area contributed by atoms with Crippen molar-refractivity contribution in [2.24, 2.45) is 0 Å². The summed E-state index contributed by atoms with van der Waals surface area (Å²) in [4.78, 5) is 2.14. The third kappa shape index (κ3) is 5.42. The van der Waals surface area contributed by atoms with E-state index in [-0.39, 0.29) is 6.04 Å². The predicted octanol–water partition coefficient (Wildman–Crippen LogP) is 2.37. The molecule has 1 aliphatic rings. The van der Waals surface area contributed by atoms with Crippen molar-refractivity contribution >= 4 is 0 Å². The molecule has 25 heavy (non-hydrogen) atoms. The van der Waals surface area contributed by atoms with E-state index in [9.17, 15) is 13.2 Å². The summed E-state index contributed by atoms with van der Waals surface area (Å²) in [6.07, 6.45) is -3.97. The summed E-state index contributed by atoms with van der Waals surface area (Å²) < 4.78 is 50.1. The van der Waals surface area contributed by atoms with Gasteiger partial charge >= 0.3 is 6.18 Å². The molecule has 2 rings (SSSR count). The van der Waals surface area contributed by atoms with Crippen molar-refractivity contribution < 1.29 is 22.6 Å². The van der Waals surface area contributed by atoms with Crippen molar-refractivity contribution in [2.45, 2.75) is 39.0 Å². The molecular weight excluding hydrogens is 337 g/mol. The van der Waals surface area contributed by atoms with E-state index < -0.39 is 12.7 Å². The van der Waals surface area contributed by atoms with Gasteiger partial charge in [-0.15, -0.1) is 0 Å². The third-order valence-corrected chi connectivity index (χ3v) is 4.22. The fourth-order valence-electron chi connectivity index (χ4n) is 3.09. The number of rotatable bonds is 7. The zero-order valence-corrected chi connectivity index (χ0v) is 14.5. The van der Waals surface area contributed by atoms with Gasteiger partial charge in [0.1, 0.15) is 6.54 Å². The van der Waals surface area contributed by atoms with Gasteiger partial charge in [0.15, 0.2) is 0 Å². The molecule has 0 N–H and O–H groups in total. The van der Waals surface area contributed by atoms with Crippen LogP contribution in [0.3, 0.4) is 0 Å². The van der Waals surface area contributed by atoms with Gasteiger partial charge in [0.05, 0.1) is 50.7 Å². The summed E-state index contributed by atoms with van der Waals surface area (Å²) in [6, 6.07) is 1.87. The van der Waals surface area contributed by atoms with Crippen LogP contribution in [-0.4, -0.2) is 60.4 Å². The minimum absolute atomic E-state index is 0.143. The van der Waals surface area contributed by atoms with Crippen LogP contribution in [0.5, 0.6) is 0 Å². The number of nitriles is 1. The molecule has 1 atom stereocenters. The first-order chi connectivity index (χ1) is 11.8. The van der Waals surface area contributed by atoms with E-state index in [1.807, 2.05) is 6.07 Å². The van der Waals surface area contributed by atoms with Gasteiger partial charge < -0.3 is 9.47 Å². The molecule has 0 spiro atoms. The van der Waals surface area contributed by atoms with Crippen molar-refractivity contribution in [3.63, 3.8) is 0 Å². The molecule has 6 nitrogen and oxygen atoms in total. The topological polar surface area (TPSA) is 63.3 Å². The molecule has 0 amide bonds. The van der Waals surface area contributed by atoms with Crippen LogP contribution < -0.4 is 0 Å². The number of hydrogen-bond donors (Lipinski definition) is 0. The Bertz CT molecular complexity index is 610. The van der Waals surface area contributed by atoms with Gasteiger partial charge in [0, 0.05) is 24.3 Å². The largest absolute Gasteiger partial charge is 0.408 e. The highest BCUT2D eigenvalue weighted by atomic mass is 19.4. The molecule has 0 saturated carbocycles. The molecule has 9 heteroatoms. The molecular formula is C16H23F3N4O2. The van der Waals surface area contributed by atoms with Crippen LogP contribution in [0.15, 0.2) is 0 Å². The summed E-state index contributed by atoms with van der Waals surface area (Å²) >= 11 is 0. The predicted molar refractivity (Wildman–Crippen MR) is 83.9 cm³/mol. The van der Waals surface area contributed by atoms with E-state index in [1.165, 1.54) is 0 Å². The van der Waals surface area contributed by atoms with Crippen molar-refractivity contribution in [1.82, 2.24) is 14.7 Å². The fourth-order valence-corrected chi connectivity index (χ4v) is 3.09. The molecule has 1 aliphatic heterocycles. The quantitative estimate of drug-likeness (QED) is 0.699. The zero-order valence-electron chi connectivity index (χ0n) is 14.5. The van der Waals surface area contributed by atoms with Crippen LogP contribution in [0.4, 0.5) is 13.2 Å². The molecule has 1 saturated heterocycles. The molecule has 2 heterocycles. The number of hydrogen-bond acceptors (Lipinski definition) is 5. The van der Waals surface area contributed by atoms with E-state index >= 15 is 0 Å². The zero-order chi connectivity index (χ0) is 18.4. The Hall–Kier alpha value is -1.63. The molecule has 0 bridgehead atoms. The number of halogens is 3. The maximum absolute atomic E-state index is 12.7. The van der Waals surface area contributed by atoms with Gasteiger partial charge in [0.2, 0.25) is 0 Å². The van der Waals surface area contributed by atoms with Crippen molar-refractivity contribution in [1.29, 1.82) is 5.26 Å². The van der Waals surface area contributed by atoms with Crippen LogP contribution in [0, 0.1) is 25.2 Å². The normalized spacial score (nSPS) is 19.1. The number of aromatic nitrogens is 2. The van der Waals surface area contributed by atoms with Crippen LogP contribution in [0.25, 0.3) is 0 Å². The minimum Gasteiger partial charge on any atom is -0.379 e. The molecule has 0 radical (unpaired) electrons. The molecule has 1 aromatic rings. The first-order valence-corrected chi connectivity index (χ1v) is 8.20. The lowest BCUT2D eigenvalue weighted by atomic mass is 10.0. The summed E-state index contributed by atoms with van der Waals surface area (Å²) in [5, 5.41) is 12.6. The highest BCUT2D eigenvalue weighted by Crippen LogP contribution is 2.30. The van der Waals surface area contributed by atoms with Gasteiger partial charge in [-0.3, -0.25) is 9.58 Å². The van der Waals surface area contributed by atoms with Gasteiger partial charge in [-0.2, -0.15) is 23.5 Å². The number of nitrogens with zero attached hydrogens (tertiary/aromatic N) is 4. The van der Waals surface area contributed by atoms with Crippen LogP contribution >= 0.6 is 0 Å². The van der Waals surface area contributed by atoms with Crippen LogP contribution in [-0.2, 0) is 16.0 Å². The Labute approximate surface area is 145 Å². The number of ether oxygens (including phenoxy) is 2. The second-order valence-electron chi connectivity index (χ2n) is 6.00. The SMILES string of the molecule is Cc1nn(CC(F)(F)F)c(C)c1C1COCCN1CCOCCC#N. The molecule has 140 valence electrons. The Balaban J connectivity index is 2.10. The highest BCUT2D eigenvalue weighted by Gasteiger charge is 2.33. The maximum Gasteiger partial charge on any atom is 0.408 e. The van der Waals surface area contributed by atoms with E-state index in [1.54, 1.807) is 13.8 Å². The number of aryl methyl sites for hydroxylation is 1. The van der Waals surface area contributed by atoms with Crippen molar-refractivity contribution in [3.8, 4) is 6.07 Å². The summed E-state index contributed by atoms with van der Waals surface area (Å²) in [6.45, 7) is 5.44. The third-order valence-electron chi connectivity index (χ3n) is 4.22. The number of alkyl halides is 3. The lowest BCUT2D eigenvalue weighted by molar-refractivity contribution is -0.143. The average molecular weight is 360 g/mol.